The molecule has 1 aliphatic carbocycles. The van der Waals surface area contributed by atoms with Crippen LogP contribution in [0.25, 0.3) is 0 Å². The van der Waals surface area contributed by atoms with Gasteiger partial charge in [0.2, 0.25) is 11.8 Å². The molecule has 1 aliphatic heterocycles. The van der Waals surface area contributed by atoms with Crippen LogP contribution in [0.2, 0.25) is 0 Å². The number of piperazine rings is 1. The quantitative estimate of drug-likeness (QED) is 0.851. The standard InChI is InChI=1S/C18H24FN3O2/c19-15-3-1-2-14(12-15)4-7-18(24)22-10-8-21(9-11-22)13-17(23)20-16-5-6-16/h1-3,12,16H,4-11,13H2,(H,20,23). The Labute approximate surface area is 141 Å². The zero-order valence-corrected chi connectivity index (χ0v) is 13.8. The Morgan fingerprint density at radius 1 is 1.17 bits per heavy atom. The van der Waals surface area contributed by atoms with E-state index in [0.29, 0.717) is 38.5 Å². The number of hydrogen-bond acceptors (Lipinski definition) is 3. The highest BCUT2D eigenvalue weighted by atomic mass is 19.1. The molecule has 1 saturated carbocycles. The normalized spacial score (nSPS) is 18.5. The molecule has 2 aliphatic rings. The van der Waals surface area contributed by atoms with Gasteiger partial charge in [0.15, 0.2) is 0 Å². The molecule has 1 N–H and O–H groups in total. The molecule has 24 heavy (non-hydrogen) atoms. The number of amides is 2. The lowest BCUT2D eigenvalue weighted by atomic mass is 10.1. The van der Waals surface area contributed by atoms with Gasteiger partial charge in [0, 0.05) is 38.6 Å². The fraction of sp³-hybridized carbons (Fsp3) is 0.556. The molecule has 2 fully saturated rings. The van der Waals surface area contributed by atoms with E-state index in [1.165, 1.54) is 12.1 Å². The average Bonchev–Trinajstić information content (AvgIpc) is 3.37. The van der Waals surface area contributed by atoms with Crippen molar-refractivity contribution < 1.29 is 14.0 Å². The molecular formula is C18H24FN3O2. The third kappa shape index (κ3) is 5.03. The van der Waals surface area contributed by atoms with Crippen molar-refractivity contribution in [3.8, 4) is 0 Å². The minimum absolute atomic E-state index is 0.0865. The molecule has 3 rings (SSSR count). The molecule has 0 radical (unpaired) electrons. The number of nitrogens with one attached hydrogen (secondary N) is 1. The topological polar surface area (TPSA) is 52.7 Å². The largest absolute Gasteiger partial charge is 0.352 e. The number of hydrogen-bond donors (Lipinski definition) is 1. The minimum Gasteiger partial charge on any atom is -0.352 e. The average molecular weight is 333 g/mol. The van der Waals surface area contributed by atoms with Gasteiger partial charge in [-0.05, 0) is 37.0 Å². The van der Waals surface area contributed by atoms with Gasteiger partial charge < -0.3 is 10.2 Å². The molecule has 2 amide bonds. The van der Waals surface area contributed by atoms with E-state index < -0.39 is 0 Å². The lowest BCUT2D eigenvalue weighted by Gasteiger charge is -2.34. The van der Waals surface area contributed by atoms with Crippen molar-refractivity contribution in [2.24, 2.45) is 0 Å². The summed E-state index contributed by atoms with van der Waals surface area (Å²) in [6, 6.07) is 6.78. The minimum atomic E-state index is -0.266. The van der Waals surface area contributed by atoms with Crippen molar-refractivity contribution in [3.63, 3.8) is 0 Å². The molecule has 0 aromatic heterocycles. The summed E-state index contributed by atoms with van der Waals surface area (Å²) >= 11 is 0. The van der Waals surface area contributed by atoms with Crippen molar-refractivity contribution in [3.05, 3.63) is 35.6 Å². The van der Waals surface area contributed by atoms with Crippen LogP contribution in [0, 0.1) is 5.82 Å². The summed E-state index contributed by atoms with van der Waals surface area (Å²) in [7, 11) is 0. The first-order valence-corrected chi connectivity index (χ1v) is 8.64. The van der Waals surface area contributed by atoms with Crippen LogP contribution in [0.5, 0.6) is 0 Å². The number of benzene rings is 1. The second kappa shape index (κ2) is 7.75. The number of nitrogens with zero attached hydrogens (tertiary/aromatic N) is 2. The van der Waals surface area contributed by atoms with Gasteiger partial charge in [-0.1, -0.05) is 12.1 Å². The zero-order chi connectivity index (χ0) is 16.9. The molecule has 1 aromatic rings. The summed E-state index contributed by atoms with van der Waals surface area (Å²) in [6.45, 7) is 3.17. The Kier molecular flexibility index (Phi) is 5.45. The van der Waals surface area contributed by atoms with Gasteiger partial charge in [-0.2, -0.15) is 0 Å². The van der Waals surface area contributed by atoms with E-state index in [0.717, 1.165) is 31.5 Å². The Hall–Kier alpha value is -1.95. The van der Waals surface area contributed by atoms with E-state index in [9.17, 15) is 14.0 Å². The Morgan fingerprint density at radius 2 is 1.92 bits per heavy atom. The maximum absolute atomic E-state index is 13.1. The van der Waals surface area contributed by atoms with Crippen LogP contribution in [0.1, 0.15) is 24.8 Å². The van der Waals surface area contributed by atoms with Crippen LogP contribution in [0.3, 0.4) is 0 Å². The van der Waals surface area contributed by atoms with E-state index in [1.807, 2.05) is 11.0 Å². The van der Waals surface area contributed by atoms with E-state index in [2.05, 4.69) is 10.2 Å². The van der Waals surface area contributed by atoms with Crippen molar-refractivity contribution in [1.29, 1.82) is 0 Å². The van der Waals surface area contributed by atoms with Gasteiger partial charge in [0.1, 0.15) is 5.82 Å². The van der Waals surface area contributed by atoms with Crippen LogP contribution in [0.15, 0.2) is 24.3 Å². The number of aryl methyl sites for hydroxylation is 1. The molecule has 1 aromatic carbocycles. The van der Waals surface area contributed by atoms with Crippen LogP contribution in [-0.4, -0.2) is 60.4 Å². The molecule has 1 heterocycles. The third-order valence-corrected chi connectivity index (χ3v) is 4.55. The molecule has 0 unspecified atom stereocenters. The maximum atomic E-state index is 13.1. The predicted molar refractivity (Wildman–Crippen MR) is 88.9 cm³/mol. The first-order chi connectivity index (χ1) is 11.6. The van der Waals surface area contributed by atoms with E-state index >= 15 is 0 Å². The van der Waals surface area contributed by atoms with Crippen molar-refractivity contribution >= 4 is 11.8 Å². The molecule has 0 atom stereocenters. The summed E-state index contributed by atoms with van der Waals surface area (Å²) < 4.78 is 13.1. The molecule has 6 heteroatoms. The van der Waals surface area contributed by atoms with Crippen molar-refractivity contribution in [1.82, 2.24) is 15.1 Å². The Morgan fingerprint density at radius 3 is 2.58 bits per heavy atom. The molecule has 0 spiro atoms. The molecule has 130 valence electrons. The second-order valence-corrected chi connectivity index (χ2v) is 6.63. The zero-order valence-electron chi connectivity index (χ0n) is 13.8. The van der Waals surface area contributed by atoms with E-state index in [-0.39, 0.29) is 17.6 Å². The highest BCUT2D eigenvalue weighted by molar-refractivity contribution is 5.79. The highest BCUT2D eigenvalue weighted by Gasteiger charge is 2.26. The van der Waals surface area contributed by atoms with Crippen LogP contribution < -0.4 is 5.32 Å². The van der Waals surface area contributed by atoms with Gasteiger partial charge >= 0.3 is 0 Å². The van der Waals surface area contributed by atoms with E-state index in [4.69, 9.17) is 0 Å². The van der Waals surface area contributed by atoms with Crippen molar-refractivity contribution in [2.75, 3.05) is 32.7 Å². The molecular weight excluding hydrogens is 309 g/mol. The highest BCUT2D eigenvalue weighted by Crippen LogP contribution is 2.18. The summed E-state index contributed by atoms with van der Waals surface area (Å²) in [4.78, 5) is 28.0. The lowest BCUT2D eigenvalue weighted by Crippen LogP contribution is -2.51. The first-order valence-electron chi connectivity index (χ1n) is 8.64. The van der Waals surface area contributed by atoms with Gasteiger partial charge in [0.25, 0.3) is 0 Å². The van der Waals surface area contributed by atoms with Crippen LogP contribution in [0.4, 0.5) is 4.39 Å². The van der Waals surface area contributed by atoms with Gasteiger partial charge in [-0.15, -0.1) is 0 Å². The smallest absolute Gasteiger partial charge is 0.234 e. The number of carbonyl (C=O) groups excluding carboxylic acids is 2. The fourth-order valence-corrected chi connectivity index (χ4v) is 2.96. The predicted octanol–water partition coefficient (Wildman–Crippen LogP) is 1.18. The lowest BCUT2D eigenvalue weighted by molar-refractivity contribution is -0.133. The Balaban J connectivity index is 1.37. The van der Waals surface area contributed by atoms with Gasteiger partial charge in [0.05, 0.1) is 6.54 Å². The second-order valence-electron chi connectivity index (χ2n) is 6.63. The van der Waals surface area contributed by atoms with Crippen LogP contribution >= 0.6 is 0 Å². The van der Waals surface area contributed by atoms with E-state index in [1.54, 1.807) is 6.07 Å². The summed E-state index contributed by atoms with van der Waals surface area (Å²) in [5, 5.41) is 2.99. The van der Waals surface area contributed by atoms with Crippen LogP contribution in [-0.2, 0) is 16.0 Å². The number of halogens is 1. The summed E-state index contributed by atoms with van der Waals surface area (Å²) in [6.07, 6.45) is 3.14. The summed E-state index contributed by atoms with van der Waals surface area (Å²) in [5.41, 5.74) is 0.846. The molecule has 1 saturated heterocycles. The summed E-state index contributed by atoms with van der Waals surface area (Å²) in [5.74, 6) is -0.0808. The van der Waals surface area contributed by atoms with Gasteiger partial charge in [-0.3, -0.25) is 14.5 Å². The fourth-order valence-electron chi connectivity index (χ4n) is 2.96. The van der Waals surface area contributed by atoms with Crippen molar-refractivity contribution in [2.45, 2.75) is 31.7 Å². The van der Waals surface area contributed by atoms with Gasteiger partial charge in [-0.25, -0.2) is 4.39 Å². The molecule has 0 bridgehead atoms. The monoisotopic (exact) mass is 333 g/mol. The maximum Gasteiger partial charge on any atom is 0.234 e. The third-order valence-electron chi connectivity index (χ3n) is 4.55. The first kappa shape index (κ1) is 16.9. The Bertz CT molecular complexity index is 596. The SMILES string of the molecule is O=C(CN1CCN(C(=O)CCc2cccc(F)c2)CC1)NC1CC1. The number of carbonyl (C=O) groups is 2. The number of rotatable bonds is 6. The molecule has 5 nitrogen and oxygen atoms in total.